The molecule has 1 N–H and O–H groups in total. The van der Waals surface area contributed by atoms with Crippen LogP contribution in [0, 0.1) is 6.92 Å². The SMILES string of the molecule is Cc1c(OC2CCCCO2)cccc1N1C(=O)Nc2c[s+](C(=O)[O-])c3nccc1c23. The third kappa shape index (κ3) is 2.98. The lowest BCUT2D eigenvalue weighted by Gasteiger charge is -2.30. The zero-order valence-electron chi connectivity index (χ0n) is 16.2. The van der Waals surface area contributed by atoms with Crippen LogP contribution >= 0.6 is 10.5 Å². The molecule has 0 aliphatic carbocycles. The van der Waals surface area contributed by atoms with Crippen LogP contribution in [0.25, 0.3) is 10.2 Å². The van der Waals surface area contributed by atoms with Crippen LogP contribution in [0.2, 0.25) is 0 Å². The predicted octanol–water partition coefficient (Wildman–Crippen LogP) is 4.07. The van der Waals surface area contributed by atoms with Gasteiger partial charge in [-0.3, -0.25) is 4.90 Å². The molecule has 30 heavy (non-hydrogen) atoms. The first-order valence-electron chi connectivity index (χ1n) is 9.69. The molecule has 1 aromatic carbocycles. The summed E-state index contributed by atoms with van der Waals surface area (Å²) in [5.41, 5.74) is 2.48. The second-order valence-corrected chi connectivity index (χ2v) is 8.84. The van der Waals surface area contributed by atoms with Crippen molar-refractivity contribution < 1.29 is 24.2 Å². The van der Waals surface area contributed by atoms with Crippen molar-refractivity contribution in [2.75, 3.05) is 16.8 Å². The third-order valence-electron chi connectivity index (χ3n) is 5.37. The van der Waals surface area contributed by atoms with Crippen LogP contribution in [-0.2, 0) is 4.74 Å². The van der Waals surface area contributed by atoms with Crippen molar-refractivity contribution in [3.05, 3.63) is 41.4 Å². The Kier molecular flexibility index (Phi) is 4.56. The number of carbonyl (C=O) groups is 2. The lowest BCUT2D eigenvalue weighted by molar-refractivity contribution is -0.233. The Morgan fingerprint density at radius 2 is 2.20 bits per heavy atom. The molecule has 2 amide bonds. The Morgan fingerprint density at radius 1 is 1.33 bits per heavy atom. The molecule has 2 aromatic heterocycles. The van der Waals surface area contributed by atoms with E-state index in [1.54, 1.807) is 6.07 Å². The summed E-state index contributed by atoms with van der Waals surface area (Å²) in [6.45, 7) is 2.57. The van der Waals surface area contributed by atoms with Crippen LogP contribution in [0.1, 0.15) is 24.8 Å². The second kappa shape index (κ2) is 7.26. The third-order valence-corrected chi connectivity index (χ3v) is 6.92. The van der Waals surface area contributed by atoms with E-state index in [2.05, 4.69) is 10.3 Å². The van der Waals surface area contributed by atoms with E-state index in [9.17, 15) is 14.7 Å². The van der Waals surface area contributed by atoms with E-state index in [1.807, 2.05) is 25.1 Å². The van der Waals surface area contributed by atoms with Crippen LogP contribution in [0.5, 0.6) is 5.75 Å². The zero-order valence-corrected chi connectivity index (χ0v) is 17.0. The minimum absolute atomic E-state index is 0.299. The molecule has 2 unspecified atom stereocenters. The number of amides is 2. The summed E-state index contributed by atoms with van der Waals surface area (Å²) in [4.78, 5) is 30.7. The minimum atomic E-state index is -1.31. The number of thiophene rings is 1. The van der Waals surface area contributed by atoms with Gasteiger partial charge in [-0.05, 0) is 38.0 Å². The van der Waals surface area contributed by atoms with Crippen LogP contribution in [0.15, 0.2) is 35.8 Å². The first kappa shape index (κ1) is 18.8. The van der Waals surface area contributed by atoms with Gasteiger partial charge in [0.1, 0.15) is 16.8 Å². The number of urea groups is 1. The number of pyridine rings is 1. The molecule has 2 aliphatic rings. The number of rotatable bonds is 4. The molecule has 3 aromatic rings. The molecule has 1 fully saturated rings. The van der Waals surface area contributed by atoms with Crippen LogP contribution in [0.4, 0.5) is 26.7 Å². The summed E-state index contributed by atoms with van der Waals surface area (Å²) in [6.07, 6.45) is 4.13. The highest BCUT2D eigenvalue weighted by atomic mass is 32.2. The van der Waals surface area contributed by atoms with Gasteiger partial charge in [0.15, 0.2) is 11.7 Å². The van der Waals surface area contributed by atoms with E-state index in [1.165, 1.54) is 16.5 Å². The Morgan fingerprint density at radius 3 is 2.97 bits per heavy atom. The Bertz CT molecular complexity index is 1170. The molecule has 9 heteroatoms. The number of nitrogens with one attached hydrogen (secondary N) is 1. The molecule has 1 saturated heterocycles. The maximum atomic E-state index is 13.0. The average molecular weight is 425 g/mol. The average Bonchev–Trinajstić information content (AvgIpc) is 3.11. The summed E-state index contributed by atoms with van der Waals surface area (Å²) < 4.78 is 11.7. The van der Waals surface area contributed by atoms with Gasteiger partial charge < -0.3 is 24.7 Å². The molecule has 154 valence electrons. The van der Waals surface area contributed by atoms with Crippen molar-refractivity contribution in [2.24, 2.45) is 0 Å². The molecule has 0 radical (unpaired) electrons. The largest absolute Gasteiger partial charge is 0.500 e. The van der Waals surface area contributed by atoms with Gasteiger partial charge >= 0.3 is 11.3 Å². The number of carbonyl (C=O) groups excluding carboxylic acids is 2. The van der Waals surface area contributed by atoms with Gasteiger partial charge in [0.25, 0.3) is 4.83 Å². The van der Waals surface area contributed by atoms with E-state index < -0.39 is 15.8 Å². The number of benzene rings is 1. The fourth-order valence-corrected chi connectivity index (χ4v) is 5.32. The summed E-state index contributed by atoms with van der Waals surface area (Å²) in [5.74, 6) is 0.647. The van der Waals surface area contributed by atoms with E-state index in [0.717, 1.165) is 24.8 Å². The first-order chi connectivity index (χ1) is 14.5. The minimum Gasteiger partial charge on any atom is -0.500 e. The van der Waals surface area contributed by atoms with Gasteiger partial charge in [-0.1, -0.05) is 6.07 Å². The van der Waals surface area contributed by atoms with Gasteiger partial charge in [-0.25, -0.2) is 9.78 Å². The second-order valence-electron chi connectivity index (χ2n) is 7.21. The first-order valence-corrected chi connectivity index (χ1v) is 11.0. The number of ether oxygens (including phenoxy) is 2. The van der Waals surface area contributed by atoms with Crippen LogP contribution in [-0.4, -0.2) is 29.2 Å². The summed E-state index contributed by atoms with van der Waals surface area (Å²) in [6, 6.07) is 6.85. The Labute approximate surface area is 175 Å². The van der Waals surface area contributed by atoms with Crippen molar-refractivity contribution in [1.82, 2.24) is 4.98 Å². The summed E-state index contributed by atoms with van der Waals surface area (Å²) in [5, 5.41) is 15.2. The number of hydrogen-bond acceptors (Lipinski definition) is 6. The molecule has 4 heterocycles. The molecular weight excluding hydrogens is 406 g/mol. The molecule has 0 bridgehead atoms. The van der Waals surface area contributed by atoms with Crippen molar-refractivity contribution in [3.63, 3.8) is 0 Å². The van der Waals surface area contributed by atoms with Gasteiger partial charge in [0, 0.05) is 18.2 Å². The number of anilines is 3. The Hall–Kier alpha value is -3.17. The van der Waals surface area contributed by atoms with Gasteiger partial charge in [-0.15, -0.1) is 0 Å². The maximum absolute atomic E-state index is 13.0. The van der Waals surface area contributed by atoms with Crippen LogP contribution in [0.3, 0.4) is 0 Å². The molecule has 2 atom stereocenters. The molecular formula is C21H19N3O5S. The van der Waals surface area contributed by atoms with Crippen molar-refractivity contribution in [1.29, 1.82) is 0 Å². The molecule has 0 spiro atoms. The Balaban J connectivity index is 1.60. The smallest absolute Gasteiger partial charge is 0.331 e. The predicted molar refractivity (Wildman–Crippen MR) is 112 cm³/mol. The van der Waals surface area contributed by atoms with E-state index in [-0.39, 0.29) is 12.3 Å². The monoisotopic (exact) mass is 425 g/mol. The molecule has 8 nitrogen and oxygen atoms in total. The number of hydrogen-bond donors (Lipinski definition) is 1. The molecule has 2 aliphatic heterocycles. The topological polar surface area (TPSA) is 104 Å². The van der Waals surface area contributed by atoms with Gasteiger partial charge in [0.2, 0.25) is 0 Å². The highest BCUT2D eigenvalue weighted by Gasteiger charge is 2.35. The van der Waals surface area contributed by atoms with Gasteiger partial charge in [-0.2, -0.15) is 0 Å². The fraction of sp³-hybridized carbons (Fsp3) is 0.286. The van der Waals surface area contributed by atoms with Gasteiger partial charge in [0.05, 0.1) is 28.5 Å². The quantitative estimate of drug-likeness (QED) is 0.632. The fourth-order valence-electron chi connectivity index (χ4n) is 3.93. The highest BCUT2D eigenvalue weighted by molar-refractivity contribution is 7.54. The van der Waals surface area contributed by atoms with E-state index >= 15 is 0 Å². The number of carboxylic acid groups (broad SMARTS) is 1. The molecule has 0 saturated carbocycles. The van der Waals surface area contributed by atoms with Crippen LogP contribution < -0.4 is 20.1 Å². The van der Waals surface area contributed by atoms with Crippen molar-refractivity contribution >= 4 is 49.1 Å². The summed E-state index contributed by atoms with van der Waals surface area (Å²) in [7, 11) is -1.31. The van der Waals surface area contributed by atoms with Crippen molar-refractivity contribution in [2.45, 2.75) is 32.5 Å². The standard InChI is InChI=1S/C21H19N3O5S/c1-12-14(5-4-6-16(12)29-17-7-2-3-10-28-17)24-15-8-9-22-19-18(15)13(23-20(24)25)11-30(19)21(26)27/h4-6,8-9,11,17H,2-3,7,10H2,1H3,(H-,23,25,26,27). The highest BCUT2D eigenvalue weighted by Crippen LogP contribution is 2.47. The normalized spacial score (nSPS) is 19.0. The van der Waals surface area contributed by atoms with E-state index in [4.69, 9.17) is 9.47 Å². The summed E-state index contributed by atoms with van der Waals surface area (Å²) >= 11 is 0. The maximum Gasteiger partial charge on any atom is 0.331 e. The zero-order chi connectivity index (χ0) is 20.8. The van der Waals surface area contributed by atoms with Crippen molar-refractivity contribution in [3.8, 4) is 5.75 Å². The lowest BCUT2D eigenvalue weighted by Crippen LogP contribution is -2.34. The number of aromatic nitrogens is 1. The molecule has 5 rings (SSSR count). The number of nitrogens with zero attached hydrogens (tertiary/aromatic N) is 2. The van der Waals surface area contributed by atoms with E-state index in [0.29, 0.717) is 39.6 Å². The lowest BCUT2D eigenvalue weighted by atomic mass is 10.1.